The molecule has 0 atom stereocenters. The van der Waals surface area contributed by atoms with Gasteiger partial charge in [0.25, 0.3) is 0 Å². The van der Waals surface area contributed by atoms with Crippen LogP contribution < -0.4 is 0 Å². The van der Waals surface area contributed by atoms with Crippen LogP contribution in [0.1, 0.15) is 30.5 Å². The largest absolute Gasteiger partial charge is 0.456 e. The number of para-hydroxylation sites is 3. The number of aryl methyl sites for hydroxylation is 3. The van der Waals surface area contributed by atoms with E-state index < -0.39 is 0 Å². The first-order valence-corrected chi connectivity index (χ1v) is 19.3. The molecule has 9 aromatic carbocycles. The second kappa shape index (κ2) is 15.4. The van der Waals surface area contributed by atoms with Crippen molar-refractivity contribution in [3.8, 4) is 11.1 Å². The van der Waals surface area contributed by atoms with E-state index in [9.17, 15) is 0 Å². The van der Waals surface area contributed by atoms with Crippen molar-refractivity contribution < 1.29 is 4.42 Å². The summed E-state index contributed by atoms with van der Waals surface area (Å²) in [6, 6.07) is 62.2. The number of nitrogens with one attached hydrogen (secondary N) is 1. The van der Waals surface area contributed by atoms with E-state index in [2.05, 4.69) is 183 Å². The minimum atomic E-state index is 0.966. The molecule has 0 saturated heterocycles. The van der Waals surface area contributed by atoms with Gasteiger partial charge < -0.3 is 9.40 Å². The van der Waals surface area contributed by atoms with E-state index in [0.717, 1.165) is 11.2 Å². The van der Waals surface area contributed by atoms with Gasteiger partial charge in [0.2, 0.25) is 0 Å². The van der Waals surface area contributed by atoms with Gasteiger partial charge in [-0.15, -0.1) is 0 Å². The maximum absolute atomic E-state index is 5.73. The molecule has 0 aliphatic rings. The molecule has 2 heteroatoms. The van der Waals surface area contributed by atoms with E-state index in [1.165, 1.54) is 92.7 Å². The van der Waals surface area contributed by atoms with Crippen LogP contribution in [0.4, 0.5) is 0 Å². The molecule has 0 fully saturated rings. The molecule has 2 nitrogen and oxygen atoms in total. The zero-order chi connectivity index (χ0) is 37.9. The lowest BCUT2D eigenvalue weighted by Crippen LogP contribution is -1.83. The Balaban J connectivity index is 0.000000116. The SMILES string of the molecule is CC.Cc1ccc2c(c1)oc1ccccc12.Cc1ccc2c3ccccc3c3ccccc3c2c1.Cc1cccc(-c2cccc3c2[nH]c2ccccc23)c1. The fraction of sp³-hybridized carbons (Fsp3) is 0.0943. The molecule has 55 heavy (non-hydrogen) atoms. The van der Waals surface area contributed by atoms with Gasteiger partial charge in [-0.3, -0.25) is 0 Å². The normalized spacial score (nSPS) is 11.0. The van der Waals surface area contributed by atoms with Crippen molar-refractivity contribution in [3.05, 3.63) is 193 Å². The van der Waals surface area contributed by atoms with Gasteiger partial charge in [-0.05, 0) is 82.4 Å². The first-order valence-electron chi connectivity index (χ1n) is 19.3. The molecule has 0 radical (unpaired) electrons. The molecule has 0 unspecified atom stereocenters. The Hall–Kier alpha value is -6.64. The average Bonchev–Trinajstić information content (AvgIpc) is 3.80. The van der Waals surface area contributed by atoms with Gasteiger partial charge in [0.15, 0.2) is 0 Å². The van der Waals surface area contributed by atoms with Crippen LogP contribution in [0.25, 0.3) is 87.2 Å². The number of H-pyrrole nitrogens is 1. The second-order valence-electron chi connectivity index (χ2n) is 14.0. The number of aromatic amines is 1. The Morgan fingerprint density at radius 3 is 1.53 bits per heavy atom. The lowest BCUT2D eigenvalue weighted by molar-refractivity contribution is 0.668. The maximum Gasteiger partial charge on any atom is 0.135 e. The highest BCUT2D eigenvalue weighted by molar-refractivity contribution is 6.25. The van der Waals surface area contributed by atoms with Crippen LogP contribution in [0.15, 0.2) is 180 Å². The summed E-state index contributed by atoms with van der Waals surface area (Å²) in [5.41, 5.74) is 10.7. The molecule has 2 aromatic heterocycles. The average molecular weight is 712 g/mol. The quantitative estimate of drug-likeness (QED) is 0.169. The van der Waals surface area contributed by atoms with Gasteiger partial charge in [-0.1, -0.05) is 183 Å². The highest BCUT2D eigenvalue weighted by Crippen LogP contribution is 2.36. The topological polar surface area (TPSA) is 28.9 Å². The molecule has 0 aliphatic carbocycles. The van der Waals surface area contributed by atoms with E-state index in [1.807, 2.05) is 32.0 Å². The van der Waals surface area contributed by atoms with Gasteiger partial charge >= 0.3 is 0 Å². The third kappa shape index (κ3) is 6.84. The predicted octanol–water partition coefficient (Wildman–Crippen LogP) is 15.7. The Morgan fingerprint density at radius 2 is 0.836 bits per heavy atom. The Bertz CT molecular complexity index is 3070. The van der Waals surface area contributed by atoms with Crippen molar-refractivity contribution in [1.82, 2.24) is 4.98 Å². The molecular formula is C53H45NO. The van der Waals surface area contributed by atoms with Crippen molar-refractivity contribution in [3.63, 3.8) is 0 Å². The van der Waals surface area contributed by atoms with Crippen LogP contribution in [0.2, 0.25) is 0 Å². The van der Waals surface area contributed by atoms with Gasteiger partial charge in [-0.25, -0.2) is 0 Å². The van der Waals surface area contributed by atoms with Gasteiger partial charge in [0.05, 0.1) is 5.52 Å². The van der Waals surface area contributed by atoms with Crippen LogP contribution in [0.3, 0.4) is 0 Å². The number of benzene rings is 9. The zero-order valence-corrected chi connectivity index (χ0v) is 32.2. The van der Waals surface area contributed by atoms with Crippen molar-refractivity contribution in [2.45, 2.75) is 34.6 Å². The number of fused-ring (bicyclic) bond motifs is 12. The highest BCUT2D eigenvalue weighted by Gasteiger charge is 2.10. The standard InChI is InChI=1S/C19H15N.C19H14.C13H10O.C2H6/c1-13-6-4-7-14(12-13)15-9-5-10-17-16-8-2-3-11-18(16)20-19(15)17;1-13-10-11-18-16-8-3-2-6-14(16)15-7-4-5-9-17(15)19(18)12-13;1-9-6-7-11-10-4-2-3-5-12(10)14-13(11)8-9;1-2/h2-12,20H,1H3;2-12H,1H3;2-8H,1H3;1-2H3. The summed E-state index contributed by atoms with van der Waals surface area (Å²) in [6.45, 7) is 10.4. The minimum absolute atomic E-state index is 0.966. The number of hydrogen-bond acceptors (Lipinski definition) is 1. The zero-order valence-electron chi connectivity index (χ0n) is 32.2. The first-order chi connectivity index (χ1) is 27.0. The van der Waals surface area contributed by atoms with E-state index in [-0.39, 0.29) is 0 Å². The summed E-state index contributed by atoms with van der Waals surface area (Å²) in [7, 11) is 0. The number of aromatic nitrogens is 1. The van der Waals surface area contributed by atoms with Crippen LogP contribution in [0.5, 0.6) is 0 Å². The van der Waals surface area contributed by atoms with E-state index in [0.29, 0.717) is 0 Å². The summed E-state index contributed by atoms with van der Waals surface area (Å²) in [5, 5.41) is 13.1. The second-order valence-corrected chi connectivity index (χ2v) is 14.0. The molecule has 11 aromatic rings. The first kappa shape index (κ1) is 35.4. The summed E-state index contributed by atoms with van der Waals surface area (Å²) in [5.74, 6) is 0. The van der Waals surface area contributed by atoms with E-state index >= 15 is 0 Å². The summed E-state index contributed by atoms with van der Waals surface area (Å²) < 4.78 is 5.73. The molecule has 0 aliphatic heterocycles. The van der Waals surface area contributed by atoms with Crippen LogP contribution in [0, 0.1) is 20.8 Å². The monoisotopic (exact) mass is 711 g/mol. The van der Waals surface area contributed by atoms with Crippen molar-refractivity contribution in [2.75, 3.05) is 0 Å². The third-order valence-electron chi connectivity index (χ3n) is 10.3. The van der Waals surface area contributed by atoms with E-state index in [4.69, 9.17) is 4.42 Å². The Kier molecular flexibility index (Phi) is 9.90. The fourth-order valence-electron chi connectivity index (χ4n) is 7.78. The smallest absolute Gasteiger partial charge is 0.135 e. The fourth-order valence-corrected chi connectivity index (χ4v) is 7.78. The third-order valence-corrected chi connectivity index (χ3v) is 10.3. The Labute approximate surface area is 322 Å². The van der Waals surface area contributed by atoms with Crippen LogP contribution in [-0.2, 0) is 0 Å². The highest BCUT2D eigenvalue weighted by atomic mass is 16.3. The lowest BCUT2D eigenvalue weighted by atomic mass is 9.93. The van der Waals surface area contributed by atoms with Gasteiger partial charge in [0.1, 0.15) is 11.2 Å². The summed E-state index contributed by atoms with van der Waals surface area (Å²) in [4.78, 5) is 3.56. The number of furan rings is 1. The molecule has 0 spiro atoms. The molecule has 0 saturated carbocycles. The van der Waals surface area contributed by atoms with Crippen molar-refractivity contribution in [1.29, 1.82) is 0 Å². The van der Waals surface area contributed by atoms with Crippen molar-refractivity contribution in [2.24, 2.45) is 0 Å². The number of rotatable bonds is 1. The van der Waals surface area contributed by atoms with Crippen LogP contribution in [-0.4, -0.2) is 4.98 Å². The summed E-state index contributed by atoms with van der Waals surface area (Å²) in [6.07, 6.45) is 0. The Morgan fingerprint density at radius 1 is 0.345 bits per heavy atom. The maximum atomic E-state index is 5.73. The lowest BCUT2D eigenvalue weighted by Gasteiger charge is -2.10. The van der Waals surface area contributed by atoms with Crippen LogP contribution >= 0.6 is 0 Å². The summed E-state index contributed by atoms with van der Waals surface area (Å²) >= 11 is 0. The molecule has 0 amide bonds. The van der Waals surface area contributed by atoms with E-state index in [1.54, 1.807) is 0 Å². The molecule has 11 rings (SSSR count). The van der Waals surface area contributed by atoms with Crippen molar-refractivity contribution >= 4 is 76.1 Å². The molecule has 2 heterocycles. The molecular weight excluding hydrogens is 667 g/mol. The predicted molar refractivity (Wildman–Crippen MR) is 239 cm³/mol. The molecule has 0 bridgehead atoms. The molecule has 268 valence electrons. The number of hydrogen-bond donors (Lipinski definition) is 1. The molecule has 1 N–H and O–H groups in total. The van der Waals surface area contributed by atoms with Gasteiger partial charge in [0, 0.05) is 32.6 Å². The van der Waals surface area contributed by atoms with Gasteiger partial charge in [-0.2, -0.15) is 0 Å². The minimum Gasteiger partial charge on any atom is -0.456 e.